The summed E-state index contributed by atoms with van der Waals surface area (Å²) in [4.78, 5) is 2.24. The molecule has 19 heavy (non-hydrogen) atoms. The van der Waals surface area contributed by atoms with Crippen LogP contribution in [0.25, 0.3) is 0 Å². The summed E-state index contributed by atoms with van der Waals surface area (Å²) in [5.41, 5.74) is 6.51. The molecule has 2 rings (SSSR count). The van der Waals surface area contributed by atoms with Gasteiger partial charge in [-0.15, -0.1) is 0 Å². The molecule has 5 nitrogen and oxygen atoms in total. The highest BCUT2D eigenvalue weighted by Gasteiger charge is 2.20. The number of hydrogen-bond donors (Lipinski definition) is 2. The molecule has 3 N–H and O–H groups in total. The number of rotatable bonds is 5. The lowest BCUT2D eigenvalue weighted by Gasteiger charge is -2.32. The Morgan fingerprint density at radius 1 is 1.53 bits per heavy atom. The van der Waals surface area contributed by atoms with E-state index < -0.39 is 0 Å². The summed E-state index contributed by atoms with van der Waals surface area (Å²) in [6.45, 7) is 6.01. The molecule has 1 unspecified atom stereocenters. The molecular formula is C14H22N2O3. The molecule has 0 amide bonds. The maximum absolute atomic E-state index is 10.2. The summed E-state index contributed by atoms with van der Waals surface area (Å²) in [6.07, 6.45) is 0.0889. The molecule has 106 valence electrons. The Hall–Kier alpha value is -1.30. The zero-order valence-corrected chi connectivity index (χ0v) is 11.3. The van der Waals surface area contributed by atoms with Gasteiger partial charge in [-0.3, -0.25) is 4.90 Å². The number of benzene rings is 1. The smallest absolute Gasteiger partial charge is 0.162 e. The quantitative estimate of drug-likeness (QED) is 0.830. The van der Waals surface area contributed by atoms with Gasteiger partial charge in [-0.2, -0.15) is 0 Å². The summed E-state index contributed by atoms with van der Waals surface area (Å²) in [7, 11) is 0. The number of aromatic hydroxyl groups is 1. The third-order valence-electron chi connectivity index (χ3n) is 3.26. The Balaban J connectivity index is 2.04. The van der Waals surface area contributed by atoms with Crippen LogP contribution in [0.4, 0.5) is 0 Å². The topological polar surface area (TPSA) is 68.0 Å². The Bertz CT molecular complexity index is 412. The lowest BCUT2D eigenvalue weighted by atomic mass is 10.1. The molecule has 1 heterocycles. The summed E-state index contributed by atoms with van der Waals surface area (Å²) >= 11 is 0. The highest BCUT2D eigenvalue weighted by Crippen LogP contribution is 2.30. The van der Waals surface area contributed by atoms with E-state index >= 15 is 0 Å². The average Bonchev–Trinajstić information content (AvgIpc) is 2.44. The van der Waals surface area contributed by atoms with Gasteiger partial charge in [-0.25, -0.2) is 0 Å². The monoisotopic (exact) mass is 266 g/mol. The molecule has 0 aromatic heterocycles. The molecule has 1 aliphatic rings. The van der Waals surface area contributed by atoms with Crippen molar-refractivity contribution < 1.29 is 14.6 Å². The van der Waals surface area contributed by atoms with Crippen LogP contribution >= 0.6 is 0 Å². The number of phenols is 1. The number of phenolic OH excluding ortho intramolecular Hbond substituents is 1. The lowest BCUT2D eigenvalue weighted by Crippen LogP contribution is -2.45. The van der Waals surface area contributed by atoms with E-state index in [1.165, 1.54) is 0 Å². The van der Waals surface area contributed by atoms with Gasteiger partial charge in [-0.05, 0) is 13.0 Å². The zero-order valence-electron chi connectivity index (χ0n) is 11.3. The maximum atomic E-state index is 10.2. The minimum Gasteiger partial charge on any atom is -0.504 e. The van der Waals surface area contributed by atoms with Crippen LogP contribution in [0.1, 0.15) is 12.5 Å². The van der Waals surface area contributed by atoms with Gasteiger partial charge < -0.3 is 20.3 Å². The minimum absolute atomic E-state index is 0.0889. The fourth-order valence-electron chi connectivity index (χ4n) is 2.27. The fraction of sp³-hybridized carbons (Fsp3) is 0.571. The molecule has 0 bridgehead atoms. The van der Waals surface area contributed by atoms with Crippen molar-refractivity contribution in [2.24, 2.45) is 5.73 Å². The van der Waals surface area contributed by atoms with Gasteiger partial charge in [-0.1, -0.05) is 12.1 Å². The Morgan fingerprint density at radius 2 is 2.37 bits per heavy atom. The van der Waals surface area contributed by atoms with Crippen LogP contribution in [0.3, 0.4) is 0 Å². The summed E-state index contributed by atoms with van der Waals surface area (Å²) in [6, 6.07) is 5.61. The van der Waals surface area contributed by atoms with Crippen molar-refractivity contribution >= 4 is 0 Å². The van der Waals surface area contributed by atoms with Gasteiger partial charge in [0.15, 0.2) is 11.5 Å². The van der Waals surface area contributed by atoms with E-state index in [4.69, 9.17) is 15.2 Å². The van der Waals surface area contributed by atoms with E-state index in [2.05, 4.69) is 4.90 Å². The molecule has 1 saturated heterocycles. The Kier molecular flexibility index (Phi) is 5.01. The van der Waals surface area contributed by atoms with Crippen LogP contribution in [0.15, 0.2) is 18.2 Å². The van der Waals surface area contributed by atoms with Crippen LogP contribution in [0.5, 0.6) is 11.5 Å². The van der Waals surface area contributed by atoms with Gasteiger partial charge in [0.05, 0.1) is 19.3 Å². The highest BCUT2D eigenvalue weighted by molar-refractivity contribution is 5.45. The Morgan fingerprint density at radius 3 is 3.11 bits per heavy atom. The molecule has 0 aliphatic carbocycles. The molecular weight excluding hydrogens is 244 g/mol. The molecule has 1 aliphatic heterocycles. The van der Waals surface area contributed by atoms with Gasteiger partial charge in [0.25, 0.3) is 0 Å². The van der Waals surface area contributed by atoms with E-state index in [0.29, 0.717) is 32.1 Å². The van der Waals surface area contributed by atoms with Crippen LogP contribution in [0.2, 0.25) is 0 Å². The largest absolute Gasteiger partial charge is 0.504 e. The van der Waals surface area contributed by atoms with Gasteiger partial charge >= 0.3 is 0 Å². The van der Waals surface area contributed by atoms with Crippen molar-refractivity contribution in [3.05, 3.63) is 23.8 Å². The Labute approximate surface area is 113 Å². The predicted octanol–water partition coefficient (Wildman–Crippen LogP) is 0.950. The van der Waals surface area contributed by atoms with E-state index in [1.54, 1.807) is 6.07 Å². The summed E-state index contributed by atoms with van der Waals surface area (Å²) in [5, 5.41) is 10.2. The summed E-state index contributed by atoms with van der Waals surface area (Å²) < 4.78 is 10.9. The lowest BCUT2D eigenvalue weighted by molar-refractivity contribution is -0.0262. The first-order valence-corrected chi connectivity index (χ1v) is 6.72. The number of nitrogens with two attached hydrogens (primary N) is 1. The van der Waals surface area contributed by atoms with Crippen molar-refractivity contribution in [3.63, 3.8) is 0 Å². The number of hydrogen-bond acceptors (Lipinski definition) is 5. The first-order chi connectivity index (χ1) is 9.24. The van der Waals surface area contributed by atoms with Crippen LogP contribution < -0.4 is 10.5 Å². The molecule has 1 aromatic carbocycles. The molecule has 1 fully saturated rings. The molecule has 0 radical (unpaired) electrons. The van der Waals surface area contributed by atoms with Gasteiger partial charge in [0.2, 0.25) is 0 Å². The second kappa shape index (κ2) is 6.75. The number of nitrogens with zero attached hydrogens (tertiary/aromatic N) is 1. The van der Waals surface area contributed by atoms with E-state index in [-0.39, 0.29) is 11.9 Å². The average molecular weight is 266 g/mol. The van der Waals surface area contributed by atoms with Crippen LogP contribution in [-0.4, -0.2) is 49.0 Å². The molecule has 1 aromatic rings. The van der Waals surface area contributed by atoms with Crippen molar-refractivity contribution in [3.8, 4) is 11.5 Å². The second-order valence-corrected chi connectivity index (χ2v) is 4.66. The fourth-order valence-corrected chi connectivity index (χ4v) is 2.27. The van der Waals surface area contributed by atoms with Gasteiger partial charge in [0, 0.05) is 31.7 Å². The number of ether oxygens (including phenoxy) is 2. The predicted molar refractivity (Wildman–Crippen MR) is 73.3 cm³/mol. The second-order valence-electron chi connectivity index (χ2n) is 4.66. The maximum Gasteiger partial charge on any atom is 0.162 e. The van der Waals surface area contributed by atoms with Crippen molar-refractivity contribution in [1.29, 1.82) is 0 Å². The minimum atomic E-state index is 0.0889. The molecule has 0 saturated carbocycles. The molecule has 5 heteroatoms. The SMILES string of the molecule is CCOc1cccc(CN2CCOC(CN)C2)c1O. The third kappa shape index (κ3) is 3.59. The third-order valence-corrected chi connectivity index (χ3v) is 3.26. The van der Waals surface area contributed by atoms with Crippen LogP contribution in [-0.2, 0) is 11.3 Å². The number of morpholine rings is 1. The zero-order chi connectivity index (χ0) is 13.7. The molecule has 0 spiro atoms. The standard InChI is InChI=1S/C14H22N2O3/c1-2-18-13-5-3-4-11(14(13)17)9-16-6-7-19-12(8-15)10-16/h3-5,12,17H,2,6-10,15H2,1H3. The van der Waals surface area contributed by atoms with E-state index in [1.807, 2.05) is 19.1 Å². The summed E-state index contributed by atoms with van der Waals surface area (Å²) in [5.74, 6) is 0.781. The molecule has 1 atom stereocenters. The van der Waals surface area contributed by atoms with Crippen LogP contribution in [0, 0.1) is 0 Å². The van der Waals surface area contributed by atoms with Crippen molar-refractivity contribution in [2.45, 2.75) is 19.6 Å². The van der Waals surface area contributed by atoms with Crippen molar-refractivity contribution in [1.82, 2.24) is 4.90 Å². The first kappa shape index (κ1) is 14.1. The highest BCUT2D eigenvalue weighted by atomic mass is 16.5. The normalized spacial score (nSPS) is 20.4. The number of para-hydroxylation sites is 1. The van der Waals surface area contributed by atoms with Gasteiger partial charge in [0.1, 0.15) is 0 Å². The van der Waals surface area contributed by atoms with Crippen molar-refractivity contribution in [2.75, 3.05) is 32.8 Å². The first-order valence-electron chi connectivity index (χ1n) is 6.72. The van der Waals surface area contributed by atoms with E-state index in [9.17, 15) is 5.11 Å². The van der Waals surface area contributed by atoms with E-state index in [0.717, 1.165) is 18.7 Å².